The van der Waals surface area contributed by atoms with E-state index in [2.05, 4.69) is 40.2 Å². The monoisotopic (exact) mass is 531 g/mol. The summed E-state index contributed by atoms with van der Waals surface area (Å²) in [7, 11) is -3.57. The first-order valence-corrected chi connectivity index (χ1v) is 13.9. The Morgan fingerprint density at radius 3 is 2.34 bits per heavy atom. The molecule has 2 aromatic carbocycles. The van der Waals surface area contributed by atoms with Gasteiger partial charge in [-0.25, -0.2) is 8.42 Å². The van der Waals surface area contributed by atoms with Crippen LogP contribution in [-0.2, 0) is 10.0 Å². The molecule has 0 saturated heterocycles. The highest BCUT2D eigenvalue weighted by Crippen LogP contribution is 2.53. The third-order valence-electron chi connectivity index (χ3n) is 7.16. The molecule has 0 amide bonds. The second-order valence-electron chi connectivity index (χ2n) is 9.21. The lowest BCUT2D eigenvalue weighted by atomic mass is 9.63. The van der Waals surface area contributed by atoms with Gasteiger partial charge in [-0.2, -0.15) is 4.31 Å². The summed E-state index contributed by atoms with van der Waals surface area (Å²) >= 11 is 10.5. The van der Waals surface area contributed by atoms with E-state index in [-0.39, 0.29) is 5.92 Å². The third-order valence-corrected chi connectivity index (χ3v) is 10.0. The van der Waals surface area contributed by atoms with E-state index in [1.807, 2.05) is 19.1 Å². The van der Waals surface area contributed by atoms with Gasteiger partial charge in [-0.05, 0) is 80.3 Å². The number of hydrogen-bond acceptors (Lipinski definition) is 2. The molecule has 2 aromatic rings. The fraction of sp³-hybridized carbons (Fsp3) is 0.385. The van der Waals surface area contributed by atoms with Gasteiger partial charge in [0, 0.05) is 28.5 Å². The minimum atomic E-state index is -3.57. The topological polar surface area (TPSA) is 37.4 Å². The Balaban J connectivity index is 1.55. The molecule has 3 aliphatic rings. The highest BCUT2D eigenvalue weighted by atomic mass is 79.9. The lowest BCUT2D eigenvalue weighted by molar-refractivity contribution is 0.275. The molecule has 0 N–H and O–H groups in total. The average Bonchev–Trinajstić information content (AvgIpc) is 3.30. The molecule has 1 aliphatic heterocycles. The summed E-state index contributed by atoms with van der Waals surface area (Å²) in [6.45, 7) is 2.85. The van der Waals surface area contributed by atoms with E-state index in [1.165, 1.54) is 29.6 Å². The Hall–Kier alpha value is -1.40. The van der Waals surface area contributed by atoms with Crippen LogP contribution in [0.5, 0.6) is 0 Å². The Labute approximate surface area is 204 Å². The van der Waals surface area contributed by atoms with Gasteiger partial charge in [-0.1, -0.05) is 68.5 Å². The first kappa shape index (κ1) is 22.4. The summed E-state index contributed by atoms with van der Waals surface area (Å²) in [6.07, 6.45) is 5.33. The minimum absolute atomic E-state index is 0.225. The van der Waals surface area contributed by atoms with Gasteiger partial charge in [0.2, 0.25) is 10.0 Å². The van der Waals surface area contributed by atoms with Crippen LogP contribution in [0.15, 0.2) is 79.7 Å². The van der Waals surface area contributed by atoms with Gasteiger partial charge in [-0.3, -0.25) is 0 Å². The summed E-state index contributed by atoms with van der Waals surface area (Å²) in [5.41, 5.74) is 6.04. The van der Waals surface area contributed by atoms with E-state index in [4.69, 9.17) is 11.6 Å². The van der Waals surface area contributed by atoms with Crippen molar-refractivity contribution in [1.82, 2.24) is 4.31 Å². The van der Waals surface area contributed by atoms with Gasteiger partial charge in [-0.15, -0.1) is 0 Å². The fourth-order valence-corrected chi connectivity index (χ4v) is 7.43. The number of halogens is 2. The van der Waals surface area contributed by atoms with Crippen molar-refractivity contribution in [2.24, 2.45) is 5.92 Å². The molecule has 2 atom stereocenters. The van der Waals surface area contributed by atoms with Gasteiger partial charge < -0.3 is 0 Å². The fourth-order valence-electron chi connectivity index (χ4n) is 5.35. The van der Waals surface area contributed by atoms with Crippen LogP contribution in [0.1, 0.15) is 49.1 Å². The number of hydrogen-bond donors (Lipinski definition) is 0. The van der Waals surface area contributed by atoms with Crippen molar-refractivity contribution in [2.75, 3.05) is 13.1 Å². The number of nitrogens with zero attached hydrogens (tertiary/aromatic N) is 1. The molecule has 5 rings (SSSR count). The highest BCUT2D eigenvalue weighted by Gasteiger charge is 2.45. The van der Waals surface area contributed by atoms with E-state index in [9.17, 15) is 8.42 Å². The zero-order valence-electron chi connectivity index (χ0n) is 18.2. The highest BCUT2D eigenvalue weighted by molar-refractivity contribution is 9.10. The molecule has 0 radical (unpaired) electrons. The van der Waals surface area contributed by atoms with Gasteiger partial charge in [0.1, 0.15) is 0 Å². The molecule has 168 valence electrons. The number of fused-ring (bicyclic) bond motifs is 1. The standard InChI is InChI=1S/C26H27BrClNO2S/c1-17-6-12-22(13-7-17)32(30,31)29-15-20-14-23(18-8-10-21(27)11-9-18)25(20)24(16-29)26(28)19-4-2-3-5-19/h6-13,20,23H,2-5,14-16H2,1H3/t20-,23+/m1/s1. The summed E-state index contributed by atoms with van der Waals surface area (Å²) in [5, 5.41) is 0.827. The maximum atomic E-state index is 13.5. The lowest BCUT2D eigenvalue weighted by Crippen LogP contribution is -2.47. The second kappa shape index (κ2) is 8.75. The van der Waals surface area contributed by atoms with Gasteiger partial charge in [0.25, 0.3) is 0 Å². The van der Waals surface area contributed by atoms with E-state index < -0.39 is 10.0 Å². The van der Waals surface area contributed by atoms with Gasteiger partial charge in [0.15, 0.2) is 0 Å². The zero-order valence-corrected chi connectivity index (χ0v) is 21.3. The number of aryl methyl sites for hydroxylation is 1. The van der Waals surface area contributed by atoms with Crippen LogP contribution in [-0.4, -0.2) is 25.8 Å². The molecule has 2 aliphatic carbocycles. The van der Waals surface area contributed by atoms with E-state index in [1.54, 1.807) is 16.4 Å². The van der Waals surface area contributed by atoms with Gasteiger partial charge in [0.05, 0.1) is 4.90 Å². The number of benzene rings is 2. The van der Waals surface area contributed by atoms with Crippen LogP contribution in [0, 0.1) is 12.8 Å². The molecule has 2 saturated carbocycles. The molecular weight excluding hydrogens is 506 g/mol. The average molecular weight is 533 g/mol. The molecule has 32 heavy (non-hydrogen) atoms. The predicted octanol–water partition coefficient (Wildman–Crippen LogP) is 6.93. The second-order valence-corrected chi connectivity index (χ2v) is 12.4. The maximum Gasteiger partial charge on any atom is 0.243 e. The van der Waals surface area contributed by atoms with E-state index in [0.717, 1.165) is 39.9 Å². The SMILES string of the molecule is Cc1ccc(S(=O)(=O)N2CC(C(Cl)=C3CCCC3)=C3[C@H](C[C@H]3c3ccc(Br)cc3)C2)cc1. The summed E-state index contributed by atoms with van der Waals surface area (Å²) in [5.74, 6) is 0.548. The van der Waals surface area contributed by atoms with Crippen molar-refractivity contribution in [3.63, 3.8) is 0 Å². The summed E-state index contributed by atoms with van der Waals surface area (Å²) < 4.78 is 29.7. The Bertz CT molecular complexity index is 1190. The van der Waals surface area contributed by atoms with Crippen molar-refractivity contribution in [1.29, 1.82) is 0 Å². The largest absolute Gasteiger partial charge is 0.243 e. The predicted molar refractivity (Wildman–Crippen MR) is 133 cm³/mol. The molecule has 0 aromatic heterocycles. The van der Waals surface area contributed by atoms with Crippen LogP contribution in [0.2, 0.25) is 0 Å². The Morgan fingerprint density at radius 2 is 1.69 bits per heavy atom. The molecule has 2 fully saturated rings. The number of sulfonamides is 1. The molecule has 0 bridgehead atoms. The van der Waals surface area contributed by atoms with Crippen LogP contribution >= 0.6 is 27.5 Å². The minimum Gasteiger partial charge on any atom is -0.207 e. The van der Waals surface area contributed by atoms with Crippen LogP contribution in [0.25, 0.3) is 0 Å². The number of allylic oxidation sites excluding steroid dienone is 1. The molecule has 6 heteroatoms. The maximum absolute atomic E-state index is 13.5. The quantitative estimate of drug-likeness (QED) is 0.428. The molecular formula is C26H27BrClNO2S. The van der Waals surface area contributed by atoms with E-state index in [0.29, 0.717) is 23.9 Å². The third kappa shape index (κ3) is 4.02. The molecule has 3 nitrogen and oxygen atoms in total. The van der Waals surface area contributed by atoms with E-state index >= 15 is 0 Å². The van der Waals surface area contributed by atoms with Crippen molar-refractivity contribution in [2.45, 2.75) is 49.8 Å². The lowest BCUT2D eigenvalue weighted by Gasteiger charge is -2.47. The smallest absolute Gasteiger partial charge is 0.207 e. The molecule has 0 unspecified atom stereocenters. The van der Waals surface area contributed by atoms with Crippen LogP contribution in [0.4, 0.5) is 0 Å². The Morgan fingerprint density at radius 1 is 1.03 bits per heavy atom. The molecule has 1 heterocycles. The van der Waals surface area contributed by atoms with Crippen LogP contribution in [0.3, 0.4) is 0 Å². The normalized spacial score (nSPS) is 23.8. The first-order valence-electron chi connectivity index (χ1n) is 11.3. The van der Waals surface area contributed by atoms with Crippen molar-refractivity contribution >= 4 is 37.6 Å². The first-order chi connectivity index (χ1) is 15.3. The van der Waals surface area contributed by atoms with Crippen molar-refractivity contribution in [3.8, 4) is 0 Å². The Kier molecular flexibility index (Phi) is 6.12. The van der Waals surface area contributed by atoms with Crippen LogP contribution < -0.4 is 0 Å². The van der Waals surface area contributed by atoms with Crippen molar-refractivity contribution < 1.29 is 8.42 Å². The number of rotatable bonds is 4. The summed E-state index contributed by atoms with van der Waals surface area (Å²) in [6, 6.07) is 15.6. The van der Waals surface area contributed by atoms with Gasteiger partial charge >= 0.3 is 0 Å². The molecule has 0 spiro atoms. The van der Waals surface area contributed by atoms with Crippen molar-refractivity contribution in [3.05, 3.63) is 85.9 Å². The zero-order chi connectivity index (χ0) is 22.5. The summed E-state index contributed by atoms with van der Waals surface area (Å²) in [4.78, 5) is 0.360.